The monoisotopic (exact) mass is 289 g/mol. The molecule has 0 radical (unpaired) electrons. The zero-order chi connectivity index (χ0) is 15.2. The van der Waals surface area contributed by atoms with Gasteiger partial charge >= 0.3 is 0 Å². The highest BCUT2D eigenvalue weighted by Gasteiger charge is 2.27. The first-order valence-electron chi connectivity index (χ1n) is 7.49. The van der Waals surface area contributed by atoms with Crippen molar-refractivity contribution < 1.29 is 9.59 Å². The molecule has 0 aromatic heterocycles. The maximum Gasteiger partial charge on any atom is 0.254 e. The first-order chi connectivity index (χ1) is 10.1. The minimum absolute atomic E-state index is 0.00102. The van der Waals surface area contributed by atoms with Gasteiger partial charge in [-0.05, 0) is 57.5 Å². The number of hydrogen-bond acceptors (Lipinski definition) is 3. The molecule has 2 amide bonds. The van der Waals surface area contributed by atoms with Crippen molar-refractivity contribution in [2.24, 2.45) is 5.73 Å². The van der Waals surface area contributed by atoms with E-state index in [1.165, 1.54) is 6.42 Å². The van der Waals surface area contributed by atoms with Crippen LogP contribution in [0.2, 0.25) is 0 Å². The van der Waals surface area contributed by atoms with E-state index >= 15 is 0 Å². The van der Waals surface area contributed by atoms with Crippen LogP contribution in [0.15, 0.2) is 24.3 Å². The number of piperidine rings is 1. The Bertz CT molecular complexity index is 516. The molecule has 114 valence electrons. The molecule has 2 rings (SSSR count). The summed E-state index contributed by atoms with van der Waals surface area (Å²) in [6.07, 6.45) is 4.21. The van der Waals surface area contributed by atoms with Crippen molar-refractivity contribution in [1.29, 1.82) is 0 Å². The highest BCUT2D eigenvalue weighted by molar-refractivity contribution is 5.99. The molecule has 1 saturated heterocycles. The number of carbonyl (C=O) groups excluding carboxylic acids is 2. The van der Waals surface area contributed by atoms with E-state index in [9.17, 15) is 9.59 Å². The molecule has 1 aromatic carbocycles. The lowest BCUT2D eigenvalue weighted by molar-refractivity contribution is 0.0602. The number of nitrogens with zero attached hydrogens (tertiary/aromatic N) is 1. The van der Waals surface area contributed by atoms with Crippen molar-refractivity contribution in [2.45, 2.75) is 31.7 Å². The maximum atomic E-state index is 12.7. The van der Waals surface area contributed by atoms with Gasteiger partial charge in [0.25, 0.3) is 5.91 Å². The molecule has 1 atom stereocenters. The summed E-state index contributed by atoms with van der Waals surface area (Å²) in [6.45, 7) is 1.68. The first-order valence-corrected chi connectivity index (χ1v) is 7.49. The number of benzene rings is 1. The number of hydrogen-bond donors (Lipinski definition) is 2. The highest BCUT2D eigenvalue weighted by Crippen LogP contribution is 2.22. The number of carbonyl (C=O) groups is 2. The lowest BCUT2D eigenvalue weighted by atomic mass is 9.97. The zero-order valence-electron chi connectivity index (χ0n) is 12.5. The Kier molecular flexibility index (Phi) is 5.33. The summed E-state index contributed by atoms with van der Waals surface area (Å²) < 4.78 is 0. The van der Waals surface area contributed by atoms with Crippen molar-refractivity contribution in [3.63, 3.8) is 0 Å². The van der Waals surface area contributed by atoms with E-state index in [0.717, 1.165) is 32.4 Å². The summed E-state index contributed by atoms with van der Waals surface area (Å²) >= 11 is 0. The van der Waals surface area contributed by atoms with Crippen LogP contribution >= 0.6 is 0 Å². The summed E-state index contributed by atoms with van der Waals surface area (Å²) in [5.74, 6) is -0.506. The van der Waals surface area contributed by atoms with Crippen LogP contribution in [0.25, 0.3) is 0 Å². The minimum atomic E-state index is -0.505. The van der Waals surface area contributed by atoms with Gasteiger partial charge in [-0.15, -0.1) is 0 Å². The molecule has 21 heavy (non-hydrogen) atoms. The SMILES string of the molecule is CNCCC1CCCCN1C(=O)c1cccc(C(N)=O)c1. The second-order valence-corrected chi connectivity index (χ2v) is 5.49. The van der Waals surface area contributed by atoms with Gasteiger partial charge < -0.3 is 16.0 Å². The molecule has 1 aromatic rings. The molecule has 0 aliphatic carbocycles. The van der Waals surface area contributed by atoms with Crippen LogP contribution in [0.5, 0.6) is 0 Å². The van der Waals surface area contributed by atoms with Gasteiger partial charge in [0.05, 0.1) is 0 Å². The average molecular weight is 289 g/mol. The van der Waals surface area contributed by atoms with E-state index in [0.29, 0.717) is 11.1 Å². The van der Waals surface area contributed by atoms with Crippen molar-refractivity contribution in [2.75, 3.05) is 20.1 Å². The van der Waals surface area contributed by atoms with Crippen LogP contribution in [0.3, 0.4) is 0 Å². The molecular formula is C16H23N3O2. The second kappa shape index (κ2) is 7.22. The van der Waals surface area contributed by atoms with Crippen LogP contribution in [-0.2, 0) is 0 Å². The average Bonchev–Trinajstić information content (AvgIpc) is 2.52. The Balaban J connectivity index is 2.16. The van der Waals surface area contributed by atoms with E-state index in [2.05, 4.69) is 5.32 Å². The first kappa shape index (κ1) is 15.5. The summed E-state index contributed by atoms with van der Waals surface area (Å²) in [5.41, 5.74) is 6.21. The Labute approximate surface area is 125 Å². The number of likely N-dealkylation sites (tertiary alicyclic amines) is 1. The second-order valence-electron chi connectivity index (χ2n) is 5.49. The van der Waals surface area contributed by atoms with Crippen LogP contribution in [0.4, 0.5) is 0 Å². The number of amides is 2. The van der Waals surface area contributed by atoms with E-state index in [4.69, 9.17) is 5.73 Å². The van der Waals surface area contributed by atoms with Gasteiger partial charge in [-0.2, -0.15) is 0 Å². The zero-order valence-corrected chi connectivity index (χ0v) is 12.5. The minimum Gasteiger partial charge on any atom is -0.366 e. The van der Waals surface area contributed by atoms with Gasteiger partial charge in [-0.25, -0.2) is 0 Å². The van der Waals surface area contributed by atoms with Crippen LogP contribution in [0.1, 0.15) is 46.4 Å². The Morgan fingerprint density at radius 3 is 2.81 bits per heavy atom. The third-order valence-electron chi connectivity index (χ3n) is 4.01. The summed E-state index contributed by atoms with van der Waals surface area (Å²) in [5, 5.41) is 3.14. The summed E-state index contributed by atoms with van der Waals surface area (Å²) in [4.78, 5) is 25.9. The molecular weight excluding hydrogens is 266 g/mol. The lowest BCUT2D eigenvalue weighted by Gasteiger charge is -2.36. The fourth-order valence-corrected chi connectivity index (χ4v) is 2.85. The van der Waals surface area contributed by atoms with Crippen molar-refractivity contribution in [3.8, 4) is 0 Å². The highest BCUT2D eigenvalue weighted by atomic mass is 16.2. The molecule has 5 nitrogen and oxygen atoms in total. The predicted molar refractivity (Wildman–Crippen MR) is 82.2 cm³/mol. The molecule has 3 N–H and O–H groups in total. The Morgan fingerprint density at radius 1 is 1.33 bits per heavy atom. The smallest absolute Gasteiger partial charge is 0.254 e. The van der Waals surface area contributed by atoms with Gasteiger partial charge in [0.15, 0.2) is 0 Å². The van der Waals surface area contributed by atoms with Crippen LogP contribution in [-0.4, -0.2) is 42.9 Å². The Hall–Kier alpha value is -1.88. The third kappa shape index (κ3) is 3.82. The molecule has 1 heterocycles. The fraction of sp³-hybridized carbons (Fsp3) is 0.500. The van der Waals surface area contributed by atoms with E-state index < -0.39 is 5.91 Å². The van der Waals surface area contributed by atoms with Crippen molar-refractivity contribution in [1.82, 2.24) is 10.2 Å². The molecule has 0 spiro atoms. The van der Waals surface area contributed by atoms with Gasteiger partial charge in [0.1, 0.15) is 0 Å². The fourth-order valence-electron chi connectivity index (χ4n) is 2.85. The van der Waals surface area contributed by atoms with Gasteiger partial charge in [-0.3, -0.25) is 9.59 Å². The topological polar surface area (TPSA) is 75.4 Å². The summed E-state index contributed by atoms with van der Waals surface area (Å²) in [7, 11) is 1.92. The van der Waals surface area contributed by atoms with Gasteiger partial charge in [-0.1, -0.05) is 6.07 Å². The van der Waals surface area contributed by atoms with Crippen molar-refractivity contribution in [3.05, 3.63) is 35.4 Å². The Morgan fingerprint density at radius 2 is 2.10 bits per heavy atom. The largest absolute Gasteiger partial charge is 0.366 e. The molecule has 5 heteroatoms. The lowest BCUT2D eigenvalue weighted by Crippen LogP contribution is -2.44. The summed E-state index contributed by atoms with van der Waals surface area (Å²) in [6, 6.07) is 6.96. The van der Waals surface area contributed by atoms with Crippen LogP contribution in [0, 0.1) is 0 Å². The van der Waals surface area contributed by atoms with E-state index in [1.54, 1.807) is 24.3 Å². The molecule has 1 fully saturated rings. The molecule has 0 bridgehead atoms. The van der Waals surface area contributed by atoms with E-state index in [-0.39, 0.29) is 11.9 Å². The number of nitrogens with one attached hydrogen (secondary N) is 1. The predicted octanol–water partition coefficient (Wildman–Crippen LogP) is 1.39. The number of primary amides is 1. The van der Waals surface area contributed by atoms with Gasteiger partial charge in [0.2, 0.25) is 5.91 Å². The molecule has 1 unspecified atom stereocenters. The number of rotatable bonds is 5. The quantitative estimate of drug-likeness (QED) is 0.860. The number of nitrogens with two attached hydrogens (primary N) is 1. The van der Waals surface area contributed by atoms with Crippen molar-refractivity contribution >= 4 is 11.8 Å². The maximum absolute atomic E-state index is 12.7. The standard InChI is InChI=1S/C16H23N3O2/c1-18-9-8-14-7-2-3-10-19(14)16(21)13-6-4-5-12(11-13)15(17)20/h4-6,11,14,18H,2-3,7-10H2,1H3,(H2,17,20). The molecule has 1 aliphatic heterocycles. The normalized spacial score (nSPS) is 18.5. The van der Waals surface area contributed by atoms with E-state index in [1.807, 2.05) is 11.9 Å². The molecule has 1 aliphatic rings. The van der Waals surface area contributed by atoms with Crippen LogP contribution < -0.4 is 11.1 Å². The van der Waals surface area contributed by atoms with Gasteiger partial charge in [0, 0.05) is 23.7 Å². The molecule has 0 saturated carbocycles. The third-order valence-corrected chi connectivity index (χ3v) is 4.01.